The van der Waals surface area contributed by atoms with E-state index in [0.29, 0.717) is 45.1 Å². The lowest BCUT2D eigenvalue weighted by Gasteiger charge is -2.15. The van der Waals surface area contributed by atoms with Gasteiger partial charge in [-0.15, -0.1) is 0 Å². The number of nitrogens with one attached hydrogen (secondary N) is 1. The van der Waals surface area contributed by atoms with Gasteiger partial charge in [0.05, 0.1) is 40.0 Å². The number of sulfone groups is 1. The Balaban J connectivity index is 1.56. The number of hydrogen-bond donors (Lipinski definition) is 1. The lowest BCUT2D eigenvalue weighted by Crippen LogP contribution is -2.20. The summed E-state index contributed by atoms with van der Waals surface area (Å²) >= 11 is 6.39. The third-order valence-corrected chi connectivity index (χ3v) is 7.84. The highest BCUT2D eigenvalue weighted by molar-refractivity contribution is 7.91. The number of halogens is 1. The third-order valence-electron chi connectivity index (χ3n) is 5.76. The van der Waals surface area contributed by atoms with E-state index >= 15 is 0 Å². The summed E-state index contributed by atoms with van der Waals surface area (Å²) in [4.78, 5) is 18.2. The summed E-state index contributed by atoms with van der Waals surface area (Å²) in [6.07, 6.45) is 0.473. The van der Waals surface area contributed by atoms with Crippen molar-refractivity contribution in [2.45, 2.75) is 19.4 Å². The molecule has 33 heavy (non-hydrogen) atoms. The summed E-state index contributed by atoms with van der Waals surface area (Å²) in [6.45, 7) is 1.81. The minimum atomic E-state index is -3.10. The summed E-state index contributed by atoms with van der Waals surface area (Å²) < 4.78 is 25.6. The molecule has 1 N–H and O–H groups in total. The highest BCUT2D eigenvalue weighted by Gasteiger charge is 2.31. The SMILES string of the molecule is Cc1cc(NC(=O)c2cc(-c3ccccc3Cl)nc3ccccc23)n(C2CCS(=O)(=O)C2)n1. The Morgan fingerprint density at radius 3 is 2.64 bits per heavy atom. The fourth-order valence-electron chi connectivity index (χ4n) is 4.21. The maximum atomic E-state index is 13.5. The summed E-state index contributed by atoms with van der Waals surface area (Å²) in [7, 11) is -3.10. The average molecular weight is 481 g/mol. The van der Waals surface area contributed by atoms with Gasteiger partial charge in [0.15, 0.2) is 9.84 Å². The number of anilines is 1. The fraction of sp³-hybridized carbons (Fsp3) is 0.208. The van der Waals surface area contributed by atoms with Crippen LogP contribution in [0.3, 0.4) is 0 Å². The van der Waals surface area contributed by atoms with Crippen molar-refractivity contribution in [2.24, 2.45) is 0 Å². The van der Waals surface area contributed by atoms with Crippen molar-refractivity contribution >= 4 is 44.1 Å². The van der Waals surface area contributed by atoms with Crippen LogP contribution in [0.25, 0.3) is 22.2 Å². The van der Waals surface area contributed by atoms with Gasteiger partial charge in [0, 0.05) is 22.0 Å². The molecule has 0 bridgehead atoms. The minimum absolute atomic E-state index is 0.0197. The number of aryl methyl sites for hydroxylation is 1. The fourth-order valence-corrected chi connectivity index (χ4v) is 6.13. The monoisotopic (exact) mass is 480 g/mol. The summed E-state index contributed by atoms with van der Waals surface area (Å²) in [5, 5.41) is 8.64. The van der Waals surface area contributed by atoms with Crippen LogP contribution in [0.4, 0.5) is 5.82 Å². The second kappa shape index (κ2) is 8.28. The van der Waals surface area contributed by atoms with Gasteiger partial charge in [-0.3, -0.25) is 4.79 Å². The quantitative estimate of drug-likeness (QED) is 0.458. The summed E-state index contributed by atoms with van der Waals surface area (Å²) in [6, 6.07) is 18.0. The predicted molar refractivity (Wildman–Crippen MR) is 129 cm³/mol. The third kappa shape index (κ3) is 4.24. The molecule has 1 amide bonds. The number of pyridine rings is 1. The number of rotatable bonds is 4. The van der Waals surface area contributed by atoms with Crippen molar-refractivity contribution in [2.75, 3.05) is 16.8 Å². The number of amides is 1. The van der Waals surface area contributed by atoms with Crippen molar-refractivity contribution in [3.05, 3.63) is 76.9 Å². The van der Waals surface area contributed by atoms with Gasteiger partial charge in [0.25, 0.3) is 5.91 Å². The number of para-hydroxylation sites is 1. The molecule has 9 heteroatoms. The van der Waals surface area contributed by atoms with E-state index in [1.807, 2.05) is 49.4 Å². The first-order chi connectivity index (χ1) is 15.8. The second-order valence-corrected chi connectivity index (χ2v) is 10.8. The van der Waals surface area contributed by atoms with Gasteiger partial charge < -0.3 is 5.32 Å². The number of aromatic nitrogens is 3. The van der Waals surface area contributed by atoms with Crippen molar-refractivity contribution in [1.82, 2.24) is 14.8 Å². The van der Waals surface area contributed by atoms with Crippen molar-refractivity contribution in [3.63, 3.8) is 0 Å². The average Bonchev–Trinajstić information content (AvgIpc) is 3.34. The van der Waals surface area contributed by atoms with Crippen LogP contribution in [0.2, 0.25) is 5.02 Å². The highest BCUT2D eigenvalue weighted by atomic mass is 35.5. The van der Waals surface area contributed by atoms with Crippen LogP contribution < -0.4 is 5.32 Å². The predicted octanol–water partition coefficient (Wildman–Crippen LogP) is 4.67. The molecule has 5 rings (SSSR count). The van der Waals surface area contributed by atoms with E-state index in [1.165, 1.54) is 0 Å². The Bertz CT molecular complexity index is 1500. The molecular formula is C24H21ClN4O3S. The first-order valence-electron chi connectivity index (χ1n) is 10.5. The molecule has 2 aromatic heterocycles. The van der Waals surface area contributed by atoms with Gasteiger partial charge in [-0.2, -0.15) is 5.10 Å². The van der Waals surface area contributed by atoms with E-state index in [1.54, 1.807) is 22.9 Å². The molecule has 2 aromatic carbocycles. The molecule has 0 saturated carbocycles. The molecule has 7 nitrogen and oxygen atoms in total. The maximum absolute atomic E-state index is 13.5. The zero-order valence-corrected chi connectivity index (χ0v) is 19.4. The van der Waals surface area contributed by atoms with Crippen LogP contribution in [0.5, 0.6) is 0 Å². The molecule has 0 spiro atoms. The molecule has 0 aliphatic carbocycles. The first-order valence-corrected chi connectivity index (χ1v) is 12.7. The molecular weight excluding hydrogens is 460 g/mol. The highest BCUT2D eigenvalue weighted by Crippen LogP contribution is 2.31. The number of carbonyl (C=O) groups excluding carboxylic acids is 1. The number of fused-ring (bicyclic) bond motifs is 1. The largest absolute Gasteiger partial charge is 0.307 e. The van der Waals surface area contributed by atoms with Crippen molar-refractivity contribution < 1.29 is 13.2 Å². The Kier molecular flexibility index (Phi) is 5.42. The summed E-state index contributed by atoms with van der Waals surface area (Å²) in [5.41, 5.74) is 3.14. The van der Waals surface area contributed by atoms with Gasteiger partial charge in [-0.05, 0) is 31.5 Å². The van der Waals surface area contributed by atoms with Crippen LogP contribution in [-0.4, -0.2) is 40.6 Å². The molecule has 3 heterocycles. The van der Waals surface area contributed by atoms with Crippen LogP contribution >= 0.6 is 11.6 Å². The zero-order chi connectivity index (χ0) is 23.2. The standard InChI is InChI=1S/C24H21ClN4O3S/c1-15-12-23(29(28-15)16-10-11-33(31,32)14-16)27-24(30)19-13-22(18-7-2-4-8-20(18)25)26-21-9-5-3-6-17(19)21/h2-9,12-13,16H,10-11,14H2,1H3,(H,27,30). The van der Waals surface area contributed by atoms with Gasteiger partial charge in [-0.25, -0.2) is 18.1 Å². The molecule has 1 unspecified atom stereocenters. The van der Waals surface area contributed by atoms with E-state index in [4.69, 9.17) is 16.6 Å². The number of carbonyl (C=O) groups is 1. The van der Waals surface area contributed by atoms with Crippen LogP contribution in [0.1, 0.15) is 28.5 Å². The number of benzene rings is 2. The number of nitrogens with zero attached hydrogens (tertiary/aromatic N) is 3. The molecule has 1 fully saturated rings. The van der Waals surface area contributed by atoms with Crippen molar-refractivity contribution in [3.8, 4) is 11.3 Å². The lowest BCUT2D eigenvalue weighted by atomic mass is 10.0. The molecule has 1 aliphatic rings. The molecule has 168 valence electrons. The van der Waals surface area contributed by atoms with Crippen molar-refractivity contribution in [1.29, 1.82) is 0 Å². The Labute approximate surface area is 196 Å². The second-order valence-electron chi connectivity index (χ2n) is 8.18. The molecule has 0 radical (unpaired) electrons. The molecule has 1 aliphatic heterocycles. The van der Waals surface area contributed by atoms with E-state index in [-0.39, 0.29) is 23.5 Å². The normalized spacial score (nSPS) is 17.3. The van der Waals surface area contributed by atoms with Gasteiger partial charge in [0.2, 0.25) is 0 Å². The lowest BCUT2D eigenvalue weighted by molar-refractivity contribution is 0.102. The van der Waals surface area contributed by atoms with Gasteiger partial charge in [0.1, 0.15) is 5.82 Å². The zero-order valence-electron chi connectivity index (χ0n) is 17.8. The smallest absolute Gasteiger partial charge is 0.257 e. The topological polar surface area (TPSA) is 94.0 Å². The van der Waals surface area contributed by atoms with Crippen LogP contribution in [0.15, 0.2) is 60.7 Å². The first kappa shape index (κ1) is 21.6. The Morgan fingerprint density at radius 1 is 1.12 bits per heavy atom. The van der Waals surface area contributed by atoms with Crippen LogP contribution in [-0.2, 0) is 9.84 Å². The summed E-state index contributed by atoms with van der Waals surface area (Å²) in [5.74, 6) is 0.287. The van der Waals surface area contributed by atoms with E-state index in [0.717, 1.165) is 5.56 Å². The van der Waals surface area contributed by atoms with E-state index in [9.17, 15) is 13.2 Å². The molecule has 1 saturated heterocycles. The Hall–Kier alpha value is -3.23. The van der Waals surface area contributed by atoms with Crippen LogP contribution in [0, 0.1) is 6.92 Å². The Morgan fingerprint density at radius 2 is 1.88 bits per heavy atom. The minimum Gasteiger partial charge on any atom is -0.307 e. The molecule has 4 aromatic rings. The maximum Gasteiger partial charge on any atom is 0.257 e. The number of hydrogen-bond acceptors (Lipinski definition) is 5. The van der Waals surface area contributed by atoms with Gasteiger partial charge >= 0.3 is 0 Å². The van der Waals surface area contributed by atoms with Gasteiger partial charge in [-0.1, -0.05) is 48.0 Å². The van der Waals surface area contributed by atoms with E-state index in [2.05, 4.69) is 10.4 Å². The molecule has 1 atom stereocenters. The van der Waals surface area contributed by atoms with E-state index < -0.39 is 9.84 Å².